The second-order valence-corrected chi connectivity index (χ2v) is 7.49. The lowest BCUT2D eigenvalue weighted by molar-refractivity contribution is -0.137. The van der Waals surface area contributed by atoms with Crippen molar-refractivity contribution in [3.8, 4) is 0 Å². The molecule has 1 heterocycles. The summed E-state index contributed by atoms with van der Waals surface area (Å²) in [6.45, 7) is 7.65. The third kappa shape index (κ3) is 5.21. The number of nitrogens with zero attached hydrogens (tertiary/aromatic N) is 2. The lowest BCUT2D eigenvalue weighted by Gasteiger charge is -2.36. The van der Waals surface area contributed by atoms with E-state index in [4.69, 9.17) is 0 Å². The fourth-order valence-electron chi connectivity index (χ4n) is 2.71. The van der Waals surface area contributed by atoms with Gasteiger partial charge in [0.15, 0.2) is 0 Å². The van der Waals surface area contributed by atoms with Crippen LogP contribution in [-0.2, 0) is 11.0 Å². The topological polar surface area (TPSA) is 40.6 Å². The Morgan fingerprint density at radius 2 is 1.40 bits per heavy atom. The van der Waals surface area contributed by atoms with E-state index in [-0.39, 0.29) is 22.8 Å². The van der Waals surface area contributed by atoms with Crippen LogP contribution in [0.1, 0.15) is 43.1 Å². The Morgan fingerprint density at radius 1 is 0.920 bits per heavy atom. The Kier molecular flexibility index (Phi) is 5.44. The highest BCUT2D eigenvalue weighted by atomic mass is 19.4. The van der Waals surface area contributed by atoms with E-state index in [0.29, 0.717) is 32.6 Å². The molecule has 0 aromatic heterocycles. The molecule has 0 atom stereocenters. The van der Waals surface area contributed by atoms with Gasteiger partial charge in [-0.25, -0.2) is 0 Å². The van der Waals surface area contributed by atoms with E-state index in [9.17, 15) is 22.8 Å². The van der Waals surface area contributed by atoms with Crippen molar-refractivity contribution in [3.05, 3.63) is 35.4 Å². The quantitative estimate of drug-likeness (QED) is 0.815. The van der Waals surface area contributed by atoms with Crippen LogP contribution in [-0.4, -0.2) is 47.8 Å². The average molecular weight is 356 g/mol. The van der Waals surface area contributed by atoms with Crippen molar-refractivity contribution in [2.45, 2.75) is 33.4 Å². The summed E-state index contributed by atoms with van der Waals surface area (Å²) < 4.78 is 37.7. The van der Waals surface area contributed by atoms with Crippen LogP contribution in [0, 0.1) is 5.41 Å². The zero-order valence-corrected chi connectivity index (χ0v) is 14.7. The molecule has 0 unspecified atom stereocenters. The minimum absolute atomic E-state index is 0.0640. The van der Waals surface area contributed by atoms with Gasteiger partial charge in [0.25, 0.3) is 5.91 Å². The first-order valence-electron chi connectivity index (χ1n) is 8.22. The zero-order chi connectivity index (χ0) is 18.8. The molecule has 0 spiro atoms. The highest BCUT2D eigenvalue weighted by Crippen LogP contribution is 2.29. The van der Waals surface area contributed by atoms with Crippen LogP contribution in [0.5, 0.6) is 0 Å². The Morgan fingerprint density at radius 3 is 1.84 bits per heavy atom. The molecular weight excluding hydrogens is 333 g/mol. The molecule has 1 saturated heterocycles. The van der Waals surface area contributed by atoms with Crippen LogP contribution < -0.4 is 0 Å². The number of hydrogen-bond acceptors (Lipinski definition) is 2. The van der Waals surface area contributed by atoms with Crippen LogP contribution in [0.25, 0.3) is 0 Å². The number of hydrogen-bond donors (Lipinski definition) is 0. The van der Waals surface area contributed by atoms with Crippen molar-refractivity contribution in [3.63, 3.8) is 0 Å². The van der Waals surface area contributed by atoms with E-state index in [1.807, 2.05) is 20.8 Å². The Labute approximate surface area is 145 Å². The third-order valence-corrected chi connectivity index (χ3v) is 4.06. The molecule has 4 nitrogen and oxygen atoms in total. The molecule has 1 aliphatic heterocycles. The monoisotopic (exact) mass is 356 g/mol. The second kappa shape index (κ2) is 7.06. The number of benzene rings is 1. The largest absolute Gasteiger partial charge is 0.416 e. The lowest BCUT2D eigenvalue weighted by atomic mass is 9.91. The Hall–Kier alpha value is -2.05. The van der Waals surface area contributed by atoms with Crippen molar-refractivity contribution in [1.29, 1.82) is 0 Å². The number of carbonyl (C=O) groups is 2. The molecule has 2 rings (SSSR count). The summed E-state index contributed by atoms with van der Waals surface area (Å²) in [7, 11) is 0. The maximum atomic E-state index is 12.6. The molecule has 1 aromatic carbocycles. The molecule has 0 N–H and O–H groups in total. The summed E-state index contributed by atoms with van der Waals surface area (Å²) in [6, 6.07) is 4.22. The van der Waals surface area contributed by atoms with Gasteiger partial charge in [-0.05, 0) is 29.7 Å². The molecule has 1 aromatic rings. The van der Waals surface area contributed by atoms with Gasteiger partial charge in [-0.3, -0.25) is 9.59 Å². The normalized spacial score (nSPS) is 16.1. The molecule has 2 amide bonds. The van der Waals surface area contributed by atoms with Gasteiger partial charge in [0.1, 0.15) is 0 Å². The molecule has 0 bridgehead atoms. The van der Waals surface area contributed by atoms with Crippen molar-refractivity contribution < 1.29 is 22.8 Å². The lowest BCUT2D eigenvalue weighted by Crippen LogP contribution is -2.51. The summed E-state index contributed by atoms with van der Waals surface area (Å²) in [4.78, 5) is 27.9. The van der Waals surface area contributed by atoms with Gasteiger partial charge in [-0.15, -0.1) is 0 Å². The number of amides is 2. The van der Waals surface area contributed by atoms with Crippen LogP contribution >= 0.6 is 0 Å². The molecular formula is C18H23F3N2O2. The third-order valence-electron chi connectivity index (χ3n) is 4.06. The van der Waals surface area contributed by atoms with Crippen LogP contribution in [0.15, 0.2) is 24.3 Å². The highest BCUT2D eigenvalue weighted by molar-refractivity contribution is 5.94. The van der Waals surface area contributed by atoms with Crippen LogP contribution in [0.3, 0.4) is 0 Å². The molecule has 0 aliphatic carbocycles. The van der Waals surface area contributed by atoms with Crippen molar-refractivity contribution in [1.82, 2.24) is 9.80 Å². The van der Waals surface area contributed by atoms with Crippen molar-refractivity contribution in [2.75, 3.05) is 26.2 Å². The molecule has 1 aliphatic rings. The minimum atomic E-state index is -4.42. The summed E-state index contributed by atoms with van der Waals surface area (Å²) in [5.74, 6) is -0.245. The fourth-order valence-corrected chi connectivity index (χ4v) is 2.71. The van der Waals surface area contributed by atoms with E-state index in [0.717, 1.165) is 12.1 Å². The van der Waals surface area contributed by atoms with Gasteiger partial charge in [-0.1, -0.05) is 20.8 Å². The smallest absolute Gasteiger partial charge is 0.339 e. The van der Waals surface area contributed by atoms with E-state index in [2.05, 4.69) is 0 Å². The fraction of sp³-hybridized carbons (Fsp3) is 0.556. The summed E-state index contributed by atoms with van der Waals surface area (Å²) in [6.07, 6.45) is -3.97. The SMILES string of the molecule is CC(C)(C)CC(=O)N1CCN(C(=O)c2ccc(C(F)(F)F)cc2)CC1. The van der Waals surface area contributed by atoms with Gasteiger partial charge in [0.2, 0.25) is 5.91 Å². The van der Waals surface area contributed by atoms with Crippen LogP contribution in [0.2, 0.25) is 0 Å². The molecule has 138 valence electrons. The molecule has 0 radical (unpaired) electrons. The summed E-state index contributed by atoms with van der Waals surface area (Å²) in [5, 5.41) is 0. The second-order valence-electron chi connectivity index (χ2n) is 7.49. The number of carbonyl (C=O) groups excluding carboxylic acids is 2. The molecule has 25 heavy (non-hydrogen) atoms. The number of halogens is 3. The van der Waals surface area contributed by atoms with Gasteiger partial charge < -0.3 is 9.80 Å². The number of alkyl halides is 3. The molecule has 0 saturated carbocycles. The predicted octanol–water partition coefficient (Wildman–Crippen LogP) is 3.43. The predicted molar refractivity (Wildman–Crippen MR) is 88.0 cm³/mol. The average Bonchev–Trinajstić information content (AvgIpc) is 2.52. The maximum Gasteiger partial charge on any atom is 0.416 e. The van der Waals surface area contributed by atoms with Crippen molar-refractivity contribution >= 4 is 11.8 Å². The first-order chi connectivity index (χ1) is 11.5. The van der Waals surface area contributed by atoms with E-state index >= 15 is 0 Å². The minimum Gasteiger partial charge on any atom is -0.339 e. The number of piperazine rings is 1. The van der Waals surface area contributed by atoms with Gasteiger partial charge in [0, 0.05) is 38.2 Å². The molecule has 7 heteroatoms. The number of rotatable bonds is 2. The first kappa shape index (κ1) is 19.3. The maximum absolute atomic E-state index is 12.6. The summed E-state index contributed by atoms with van der Waals surface area (Å²) >= 11 is 0. The van der Waals surface area contributed by atoms with Gasteiger partial charge in [0.05, 0.1) is 5.56 Å². The summed E-state index contributed by atoms with van der Waals surface area (Å²) in [5.41, 5.74) is -0.645. The standard InChI is InChI=1S/C18H23F3N2O2/c1-17(2,3)12-15(24)22-8-10-23(11-9-22)16(25)13-4-6-14(7-5-13)18(19,20)21/h4-7H,8-12H2,1-3H3. The van der Waals surface area contributed by atoms with E-state index in [1.54, 1.807) is 9.80 Å². The molecule has 1 fully saturated rings. The highest BCUT2D eigenvalue weighted by Gasteiger charge is 2.31. The van der Waals surface area contributed by atoms with Crippen molar-refractivity contribution in [2.24, 2.45) is 5.41 Å². The zero-order valence-electron chi connectivity index (χ0n) is 14.7. The van der Waals surface area contributed by atoms with Gasteiger partial charge >= 0.3 is 6.18 Å². The van der Waals surface area contributed by atoms with E-state index < -0.39 is 11.7 Å². The first-order valence-corrected chi connectivity index (χ1v) is 8.22. The van der Waals surface area contributed by atoms with E-state index in [1.165, 1.54) is 12.1 Å². The van der Waals surface area contributed by atoms with Gasteiger partial charge in [-0.2, -0.15) is 13.2 Å². The van der Waals surface area contributed by atoms with Crippen LogP contribution in [0.4, 0.5) is 13.2 Å². The Bertz CT molecular complexity index is 625. The Balaban J connectivity index is 1.94.